The van der Waals surface area contributed by atoms with Crippen molar-refractivity contribution in [2.45, 2.75) is 32.0 Å². The smallest absolute Gasteiger partial charge is 0.159 e. The average molecular weight is 179 g/mol. The molecule has 4 heteroatoms. The first-order valence-corrected chi connectivity index (χ1v) is 4.49. The molecule has 0 spiro atoms. The Hall–Kier alpha value is -1.16. The molecule has 1 aromatic rings. The number of ether oxygens (including phenoxy) is 1. The van der Waals surface area contributed by atoms with Gasteiger partial charge in [-0.2, -0.15) is 0 Å². The Morgan fingerprint density at radius 3 is 3.00 bits per heavy atom. The van der Waals surface area contributed by atoms with Gasteiger partial charge < -0.3 is 10.5 Å². The summed E-state index contributed by atoms with van der Waals surface area (Å²) in [4.78, 5) is 8.27. The maximum Gasteiger partial charge on any atom is 0.159 e. The minimum Gasteiger partial charge on any atom is -0.384 e. The number of hydrogen-bond acceptors (Lipinski definition) is 4. The van der Waals surface area contributed by atoms with Crippen LogP contribution in [0.3, 0.4) is 0 Å². The SMILES string of the molecule is CC1CCC(c2nccc(N)n2)O1. The Morgan fingerprint density at radius 1 is 1.54 bits per heavy atom. The average Bonchev–Trinajstić information content (AvgIpc) is 2.52. The number of anilines is 1. The number of nitrogens with two attached hydrogens (primary N) is 1. The zero-order chi connectivity index (χ0) is 9.26. The number of rotatable bonds is 1. The Bertz CT molecular complexity index is 303. The van der Waals surface area contributed by atoms with E-state index in [9.17, 15) is 0 Å². The van der Waals surface area contributed by atoms with E-state index in [0.717, 1.165) is 12.8 Å². The first kappa shape index (κ1) is 8.44. The summed E-state index contributed by atoms with van der Waals surface area (Å²) in [7, 11) is 0. The van der Waals surface area contributed by atoms with Gasteiger partial charge in [-0.15, -0.1) is 0 Å². The molecule has 1 saturated heterocycles. The van der Waals surface area contributed by atoms with Crippen LogP contribution in [0.1, 0.15) is 31.7 Å². The van der Waals surface area contributed by atoms with E-state index in [1.54, 1.807) is 12.3 Å². The van der Waals surface area contributed by atoms with Crippen LogP contribution in [0.5, 0.6) is 0 Å². The molecule has 2 heterocycles. The molecule has 0 saturated carbocycles. The monoisotopic (exact) mass is 179 g/mol. The van der Waals surface area contributed by atoms with Crippen LogP contribution < -0.4 is 5.73 Å². The van der Waals surface area contributed by atoms with Crippen LogP contribution in [-0.4, -0.2) is 16.1 Å². The molecular formula is C9H13N3O. The van der Waals surface area contributed by atoms with E-state index in [-0.39, 0.29) is 6.10 Å². The molecule has 0 amide bonds. The molecule has 1 aliphatic rings. The van der Waals surface area contributed by atoms with Crippen molar-refractivity contribution in [3.05, 3.63) is 18.1 Å². The lowest BCUT2D eigenvalue weighted by atomic mass is 10.2. The fourth-order valence-electron chi connectivity index (χ4n) is 1.54. The summed E-state index contributed by atoms with van der Waals surface area (Å²) in [6.07, 6.45) is 4.09. The fourth-order valence-corrected chi connectivity index (χ4v) is 1.54. The fraction of sp³-hybridized carbons (Fsp3) is 0.556. The van der Waals surface area contributed by atoms with E-state index in [1.165, 1.54) is 0 Å². The van der Waals surface area contributed by atoms with Gasteiger partial charge in [-0.1, -0.05) is 0 Å². The van der Waals surface area contributed by atoms with E-state index in [4.69, 9.17) is 10.5 Å². The Balaban J connectivity index is 2.16. The second kappa shape index (κ2) is 3.30. The molecule has 2 N–H and O–H groups in total. The van der Waals surface area contributed by atoms with Crippen LogP contribution in [0.15, 0.2) is 12.3 Å². The van der Waals surface area contributed by atoms with E-state index in [1.807, 2.05) is 0 Å². The van der Waals surface area contributed by atoms with Crippen LogP contribution in [0.4, 0.5) is 5.82 Å². The maximum atomic E-state index is 5.62. The Labute approximate surface area is 77.1 Å². The third-order valence-electron chi connectivity index (χ3n) is 2.22. The van der Waals surface area contributed by atoms with E-state index in [0.29, 0.717) is 17.7 Å². The van der Waals surface area contributed by atoms with Gasteiger partial charge in [0.1, 0.15) is 11.9 Å². The standard InChI is InChI=1S/C9H13N3O/c1-6-2-3-7(13-6)9-11-5-4-8(10)12-9/h4-7H,2-3H2,1H3,(H2,10,11,12). The van der Waals surface area contributed by atoms with Crippen molar-refractivity contribution in [1.82, 2.24) is 9.97 Å². The van der Waals surface area contributed by atoms with Crippen molar-refractivity contribution >= 4 is 5.82 Å². The maximum absolute atomic E-state index is 5.62. The van der Waals surface area contributed by atoms with Crippen molar-refractivity contribution in [2.75, 3.05) is 5.73 Å². The second-order valence-corrected chi connectivity index (χ2v) is 3.35. The number of aromatic nitrogens is 2. The zero-order valence-electron chi connectivity index (χ0n) is 7.60. The summed E-state index contributed by atoms with van der Waals surface area (Å²) in [5.41, 5.74) is 5.55. The lowest BCUT2D eigenvalue weighted by Gasteiger charge is -2.09. The minimum atomic E-state index is 0.0403. The largest absolute Gasteiger partial charge is 0.384 e. The van der Waals surface area contributed by atoms with Crippen LogP contribution in [0, 0.1) is 0 Å². The van der Waals surface area contributed by atoms with Gasteiger partial charge in [0.15, 0.2) is 5.82 Å². The Morgan fingerprint density at radius 2 is 2.38 bits per heavy atom. The summed E-state index contributed by atoms with van der Waals surface area (Å²) in [6.45, 7) is 2.06. The van der Waals surface area contributed by atoms with Gasteiger partial charge >= 0.3 is 0 Å². The molecule has 4 nitrogen and oxygen atoms in total. The first-order chi connectivity index (χ1) is 6.25. The number of hydrogen-bond donors (Lipinski definition) is 1. The highest BCUT2D eigenvalue weighted by atomic mass is 16.5. The summed E-state index contributed by atoms with van der Waals surface area (Å²) < 4.78 is 5.62. The third-order valence-corrected chi connectivity index (χ3v) is 2.22. The minimum absolute atomic E-state index is 0.0403. The van der Waals surface area contributed by atoms with Gasteiger partial charge in [0.2, 0.25) is 0 Å². The molecule has 0 aromatic carbocycles. The molecule has 70 valence electrons. The molecule has 0 aliphatic carbocycles. The molecule has 1 aliphatic heterocycles. The molecule has 1 aromatic heterocycles. The second-order valence-electron chi connectivity index (χ2n) is 3.35. The molecule has 13 heavy (non-hydrogen) atoms. The van der Waals surface area contributed by atoms with Crippen molar-refractivity contribution in [3.8, 4) is 0 Å². The van der Waals surface area contributed by atoms with Crippen molar-refractivity contribution < 1.29 is 4.74 Å². The molecule has 0 bridgehead atoms. The zero-order valence-corrected chi connectivity index (χ0v) is 7.60. The van der Waals surface area contributed by atoms with Crippen LogP contribution in [-0.2, 0) is 4.74 Å². The highest BCUT2D eigenvalue weighted by Crippen LogP contribution is 2.30. The van der Waals surface area contributed by atoms with Gasteiger partial charge in [-0.05, 0) is 25.8 Å². The first-order valence-electron chi connectivity index (χ1n) is 4.49. The summed E-state index contributed by atoms with van der Waals surface area (Å²) in [5.74, 6) is 1.22. The molecule has 2 atom stereocenters. The molecule has 0 radical (unpaired) electrons. The Kier molecular flexibility index (Phi) is 2.14. The van der Waals surface area contributed by atoms with Gasteiger partial charge in [-0.25, -0.2) is 9.97 Å². The van der Waals surface area contributed by atoms with Crippen molar-refractivity contribution in [1.29, 1.82) is 0 Å². The molecule has 2 rings (SSSR count). The highest BCUT2D eigenvalue weighted by Gasteiger charge is 2.25. The van der Waals surface area contributed by atoms with Crippen molar-refractivity contribution in [3.63, 3.8) is 0 Å². The van der Waals surface area contributed by atoms with Gasteiger partial charge in [0, 0.05) is 6.20 Å². The molecule has 1 fully saturated rings. The predicted molar refractivity (Wildman–Crippen MR) is 49.0 cm³/mol. The van der Waals surface area contributed by atoms with Gasteiger partial charge in [-0.3, -0.25) is 0 Å². The van der Waals surface area contributed by atoms with Crippen molar-refractivity contribution in [2.24, 2.45) is 0 Å². The van der Waals surface area contributed by atoms with E-state index < -0.39 is 0 Å². The number of nitrogen functional groups attached to an aromatic ring is 1. The summed E-state index contributed by atoms with van der Waals surface area (Å²) >= 11 is 0. The topological polar surface area (TPSA) is 61.0 Å². The van der Waals surface area contributed by atoms with Gasteiger partial charge in [0.25, 0.3) is 0 Å². The van der Waals surface area contributed by atoms with Crippen LogP contribution in [0.25, 0.3) is 0 Å². The highest BCUT2D eigenvalue weighted by molar-refractivity contribution is 5.25. The quantitative estimate of drug-likeness (QED) is 0.705. The molecular weight excluding hydrogens is 166 g/mol. The van der Waals surface area contributed by atoms with E-state index >= 15 is 0 Å². The van der Waals surface area contributed by atoms with Crippen LogP contribution >= 0.6 is 0 Å². The molecule has 2 unspecified atom stereocenters. The lowest BCUT2D eigenvalue weighted by Crippen LogP contribution is -2.06. The van der Waals surface area contributed by atoms with Gasteiger partial charge in [0.05, 0.1) is 6.10 Å². The third kappa shape index (κ3) is 1.78. The van der Waals surface area contributed by atoms with E-state index in [2.05, 4.69) is 16.9 Å². The predicted octanol–water partition coefficient (Wildman–Crippen LogP) is 1.30. The normalized spacial score (nSPS) is 27.8. The lowest BCUT2D eigenvalue weighted by molar-refractivity contribution is 0.0504. The summed E-state index contributed by atoms with van der Waals surface area (Å²) in [5, 5.41) is 0. The summed E-state index contributed by atoms with van der Waals surface area (Å²) in [6, 6.07) is 1.68. The van der Waals surface area contributed by atoms with Crippen LogP contribution in [0.2, 0.25) is 0 Å². The number of nitrogens with zero attached hydrogens (tertiary/aromatic N) is 2.